The number of carbonyl (C=O) groups is 3. The summed E-state index contributed by atoms with van der Waals surface area (Å²) in [6.45, 7) is 3.36. The molecule has 2 aromatic carbocycles. The second kappa shape index (κ2) is 10.9. The van der Waals surface area contributed by atoms with Crippen LogP contribution in [0.5, 0.6) is 17.2 Å². The summed E-state index contributed by atoms with van der Waals surface area (Å²) in [5, 5.41) is 2.94. The van der Waals surface area contributed by atoms with E-state index in [2.05, 4.69) is 5.32 Å². The number of amides is 3. The van der Waals surface area contributed by atoms with Crippen LogP contribution in [0.25, 0.3) is 0 Å². The first kappa shape index (κ1) is 25.3. The second-order valence-electron chi connectivity index (χ2n) is 9.24. The average Bonchev–Trinajstić information content (AvgIpc) is 3.29. The number of hydrogen-bond acceptors (Lipinski definition) is 6. The van der Waals surface area contributed by atoms with Crippen molar-refractivity contribution in [3.8, 4) is 17.2 Å². The fourth-order valence-corrected chi connectivity index (χ4v) is 4.87. The number of nitrogens with zero attached hydrogens (tertiary/aromatic N) is 2. The van der Waals surface area contributed by atoms with Crippen molar-refractivity contribution in [2.75, 3.05) is 51.2 Å². The van der Waals surface area contributed by atoms with E-state index in [4.69, 9.17) is 14.2 Å². The number of piperidine rings is 1. The molecule has 0 aliphatic carbocycles. The predicted octanol–water partition coefficient (Wildman–Crippen LogP) is 3.25. The van der Waals surface area contributed by atoms with Gasteiger partial charge in [0, 0.05) is 55.5 Å². The van der Waals surface area contributed by atoms with Crippen molar-refractivity contribution in [1.29, 1.82) is 0 Å². The lowest BCUT2D eigenvalue weighted by atomic mass is 9.94. The van der Waals surface area contributed by atoms with Crippen LogP contribution >= 0.6 is 0 Å². The molecule has 2 fully saturated rings. The van der Waals surface area contributed by atoms with Crippen molar-refractivity contribution in [2.45, 2.75) is 26.2 Å². The lowest BCUT2D eigenvalue weighted by molar-refractivity contribution is -0.138. The summed E-state index contributed by atoms with van der Waals surface area (Å²) >= 11 is 0. The highest BCUT2D eigenvalue weighted by atomic mass is 16.5. The molecule has 0 aromatic heterocycles. The van der Waals surface area contributed by atoms with E-state index in [0.717, 1.165) is 11.3 Å². The molecule has 0 unspecified atom stereocenters. The molecule has 2 aliphatic rings. The molecular formula is C27H33N3O6. The van der Waals surface area contributed by atoms with E-state index in [0.29, 0.717) is 55.4 Å². The van der Waals surface area contributed by atoms with Gasteiger partial charge in [0.1, 0.15) is 0 Å². The highest BCUT2D eigenvalue weighted by Gasteiger charge is 2.38. The summed E-state index contributed by atoms with van der Waals surface area (Å²) in [6.07, 6.45) is 1.34. The summed E-state index contributed by atoms with van der Waals surface area (Å²) in [5.74, 6) is 0.634. The first-order valence-corrected chi connectivity index (χ1v) is 12.1. The van der Waals surface area contributed by atoms with Gasteiger partial charge < -0.3 is 29.3 Å². The van der Waals surface area contributed by atoms with Crippen LogP contribution in [0.3, 0.4) is 0 Å². The number of anilines is 2. The lowest BCUT2D eigenvalue weighted by Crippen LogP contribution is -2.44. The van der Waals surface area contributed by atoms with E-state index >= 15 is 0 Å². The summed E-state index contributed by atoms with van der Waals surface area (Å²) in [6, 6.07) is 11.1. The lowest BCUT2D eigenvalue weighted by Gasteiger charge is -2.33. The zero-order valence-electron chi connectivity index (χ0n) is 21.2. The summed E-state index contributed by atoms with van der Waals surface area (Å²) in [5.41, 5.74) is 2.49. The molecule has 0 saturated carbocycles. The van der Waals surface area contributed by atoms with E-state index in [1.54, 1.807) is 21.9 Å². The largest absolute Gasteiger partial charge is 0.493 e. The van der Waals surface area contributed by atoms with Crippen LogP contribution in [0.1, 0.15) is 24.8 Å². The van der Waals surface area contributed by atoms with E-state index in [1.807, 2.05) is 31.2 Å². The van der Waals surface area contributed by atoms with Crippen LogP contribution in [0.4, 0.5) is 11.4 Å². The van der Waals surface area contributed by atoms with Gasteiger partial charge in [-0.15, -0.1) is 0 Å². The molecule has 0 radical (unpaired) electrons. The molecule has 2 heterocycles. The van der Waals surface area contributed by atoms with E-state index in [1.165, 1.54) is 21.3 Å². The van der Waals surface area contributed by atoms with Gasteiger partial charge in [-0.05, 0) is 31.9 Å². The molecule has 1 atom stereocenters. The Morgan fingerprint density at radius 3 is 2.08 bits per heavy atom. The van der Waals surface area contributed by atoms with Gasteiger partial charge in [-0.25, -0.2) is 0 Å². The van der Waals surface area contributed by atoms with Crippen molar-refractivity contribution < 1.29 is 28.6 Å². The molecule has 2 aromatic rings. The minimum absolute atomic E-state index is 0.0125. The Kier molecular flexibility index (Phi) is 7.67. The minimum Gasteiger partial charge on any atom is -0.493 e. The highest BCUT2D eigenvalue weighted by molar-refractivity contribution is 6.00. The number of aryl methyl sites for hydroxylation is 1. The van der Waals surface area contributed by atoms with Crippen LogP contribution in [0.2, 0.25) is 0 Å². The first-order valence-electron chi connectivity index (χ1n) is 12.1. The van der Waals surface area contributed by atoms with Crippen LogP contribution in [0.15, 0.2) is 36.4 Å². The van der Waals surface area contributed by atoms with Crippen molar-refractivity contribution in [1.82, 2.24) is 4.90 Å². The fraction of sp³-hybridized carbons (Fsp3) is 0.444. The molecule has 2 aliphatic heterocycles. The number of rotatable bonds is 7. The summed E-state index contributed by atoms with van der Waals surface area (Å²) < 4.78 is 16.0. The van der Waals surface area contributed by atoms with Gasteiger partial charge in [0.05, 0.1) is 27.2 Å². The van der Waals surface area contributed by atoms with Gasteiger partial charge in [-0.3, -0.25) is 14.4 Å². The first-order chi connectivity index (χ1) is 17.3. The number of ether oxygens (including phenoxy) is 3. The van der Waals surface area contributed by atoms with E-state index in [-0.39, 0.29) is 36.0 Å². The third-order valence-corrected chi connectivity index (χ3v) is 6.93. The second-order valence-corrected chi connectivity index (χ2v) is 9.24. The van der Waals surface area contributed by atoms with Crippen LogP contribution in [0, 0.1) is 18.8 Å². The van der Waals surface area contributed by atoms with Gasteiger partial charge in [0.25, 0.3) is 0 Å². The monoisotopic (exact) mass is 495 g/mol. The SMILES string of the molecule is COc1cc(NC(=O)C2CCN(C(=O)[C@@H]3CC(=O)N(c4ccc(C)cc4)C3)CC2)cc(OC)c1OC. The number of hydrogen-bond donors (Lipinski definition) is 1. The Morgan fingerprint density at radius 1 is 0.917 bits per heavy atom. The molecular weight excluding hydrogens is 462 g/mol. The molecule has 2 saturated heterocycles. The Labute approximate surface area is 211 Å². The Balaban J connectivity index is 1.33. The molecule has 3 amide bonds. The molecule has 0 bridgehead atoms. The van der Waals surface area contributed by atoms with Crippen LogP contribution in [-0.2, 0) is 14.4 Å². The average molecular weight is 496 g/mol. The van der Waals surface area contributed by atoms with Crippen LogP contribution in [-0.4, -0.2) is 63.6 Å². The van der Waals surface area contributed by atoms with Gasteiger partial charge in [-0.1, -0.05) is 17.7 Å². The minimum atomic E-state index is -0.358. The number of nitrogens with one attached hydrogen (secondary N) is 1. The number of carbonyl (C=O) groups excluding carboxylic acids is 3. The van der Waals surface area contributed by atoms with Crippen molar-refractivity contribution in [2.24, 2.45) is 11.8 Å². The topological polar surface area (TPSA) is 97.4 Å². The third kappa shape index (κ3) is 5.24. The Bertz CT molecular complexity index is 1100. The summed E-state index contributed by atoms with van der Waals surface area (Å²) in [7, 11) is 4.57. The standard InChI is InChI=1S/C27H33N3O6/c1-17-5-7-21(8-6-17)30-16-19(13-24(30)31)27(33)29-11-9-18(10-12-29)26(32)28-20-14-22(34-2)25(36-4)23(15-20)35-3/h5-8,14-15,18-19H,9-13,16H2,1-4H3,(H,28,32)/t19-/m1/s1. The zero-order valence-corrected chi connectivity index (χ0v) is 21.2. The number of benzene rings is 2. The molecule has 192 valence electrons. The quantitative estimate of drug-likeness (QED) is 0.633. The molecule has 1 N–H and O–H groups in total. The maximum absolute atomic E-state index is 13.2. The van der Waals surface area contributed by atoms with Crippen molar-refractivity contribution in [3.05, 3.63) is 42.0 Å². The molecule has 9 heteroatoms. The summed E-state index contributed by atoms with van der Waals surface area (Å²) in [4.78, 5) is 42.2. The molecule has 4 rings (SSSR count). The van der Waals surface area contributed by atoms with Gasteiger partial charge in [0.2, 0.25) is 23.5 Å². The Morgan fingerprint density at radius 2 is 1.53 bits per heavy atom. The predicted molar refractivity (Wildman–Crippen MR) is 136 cm³/mol. The smallest absolute Gasteiger partial charge is 0.228 e. The Hall–Kier alpha value is -3.75. The van der Waals surface area contributed by atoms with Gasteiger partial charge in [0.15, 0.2) is 11.5 Å². The maximum atomic E-state index is 13.2. The van der Waals surface area contributed by atoms with E-state index < -0.39 is 0 Å². The maximum Gasteiger partial charge on any atom is 0.228 e. The molecule has 36 heavy (non-hydrogen) atoms. The van der Waals surface area contributed by atoms with Crippen molar-refractivity contribution in [3.63, 3.8) is 0 Å². The van der Waals surface area contributed by atoms with Crippen molar-refractivity contribution >= 4 is 29.1 Å². The fourth-order valence-electron chi connectivity index (χ4n) is 4.87. The van der Waals surface area contributed by atoms with Crippen LogP contribution < -0.4 is 24.4 Å². The molecule has 9 nitrogen and oxygen atoms in total. The normalized spacial score (nSPS) is 18.2. The number of likely N-dealkylation sites (tertiary alicyclic amines) is 1. The molecule has 0 spiro atoms. The third-order valence-electron chi connectivity index (χ3n) is 6.93. The number of methoxy groups -OCH3 is 3. The zero-order chi connectivity index (χ0) is 25.8. The van der Waals surface area contributed by atoms with Gasteiger partial charge >= 0.3 is 0 Å². The highest BCUT2D eigenvalue weighted by Crippen LogP contribution is 2.40. The van der Waals surface area contributed by atoms with Gasteiger partial charge in [-0.2, -0.15) is 0 Å². The van der Waals surface area contributed by atoms with E-state index in [9.17, 15) is 14.4 Å².